The average Bonchev–Trinajstić information content (AvgIpc) is 2.94. The van der Waals surface area contributed by atoms with Crippen LogP contribution in [-0.4, -0.2) is 54.0 Å². The van der Waals surface area contributed by atoms with Crippen LogP contribution in [0.1, 0.15) is 40.0 Å². The molecule has 126 valence electrons. The van der Waals surface area contributed by atoms with Crippen molar-refractivity contribution in [2.24, 2.45) is 5.92 Å². The Kier molecular flexibility index (Phi) is 4.90. The van der Waals surface area contributed by atoms with E-state index in [2.05, 4.69) is 10.6 Å². The Balaban J connectivity index is 1.59. The minimum absolute atomic E-state index is 0.130. The number of alkyl carbamates (subject to hydrolysis) is 1. The molecule has 3 aliphatic rings. The highest BCUT2D eigenvalue weighted by Crippen LogP contribution is 2.39. The molecule has 22 heavy (non-hydrogen) atoms. The molecule has 6 heteroatoms. The second-order valence-corrected chi connectivity index (χ2v) is 8.72. The summed E-state index contributed by atoms with van der Waals surface area (Å²) in [6.45, 7) is 6.53. The van der Waals surface area contributed by atoms with Gasteiger partial charge in [-0.05, 0) is 45.8 Å². The Morgan fingerprint density at radius 1 is 1.27 bits per heavy atom. The molecule has 0 aromatic heterocycles. The maximum absolute atomic E-state index is 12.1. The van der Waals surface area contributed by atoms with Crippen LogP contribution in [0, 0.1) is 5.92 Å². The molecule has 0 radical (unpaired) electrons. The van der Waals surface area contributed by atoms with Gasteiger partial charge in [0, 0.05) is 24.3 Å². The van der Waals surface area contributed by atoms with Gasteiger partial charge in [-0.3, -0.25) is 0 Å². The number of thioether (sulfide) groups is 1. The SMILES string of the molecule is CC(C)(C)OC(=O)NC1C2CCCOC2C1NC1CCSC1. The van der Waals surface area contributed by atoms with Gasteiger partial charge in [0.2, 0.25) is 0 Å². The Morgan fingerprint density at radius 2 is 2.09 bits per heavy atom. The number of hydrogen-bond acceptors (Lipinski definition) is 5. The lowest BCUT2D eigenvalue weighted by molar-refractivity contribution is -0.129. The van der Waals surface area contributed by atoms with Crippen LogP contribution in [0.5, 0.6) is 0 Å². The molecule has 0 aromatic carbocycles. The summed E-state index contributed by atoms with van der Waals surface area (Å²) in [5.74, 6) is 2.81. The first-order valence-electron chi connectivity index (χ1n) is 8.39. The molecule has 3 rings (SSSR count). The van der Waals surface area contributed by atoms with E-state index in [0.29, 0.717) is 12.0 Å². The van der Waals surface area contributed by atoms with Gasteiger partial charge in [-0.1, -0.05) is 0 Å². The largest absolute Gasteiger partial charge is 0.444 e. The maximum Gasteiger partial charge on any atom is 0.407 e. The summed E-state index contributed by atoms with van der Waals surface area (Å²) in [5, 5.41) is 6.80. The standard InChI is InChI=1S/C16H28N2O3S/c1-16(2,3)21-15(19)18-12-11-5-4-7-20-14(11)13(12)17-10-6-8-22-9-10/h10-14,17H,4-9H2,1-3H3,(H,18,19). The fraction of sp³-hybridized carbons (Fsp3) is 0.938. The number of fused-ring (bicyclic) bond motifs is 1. The van der Waals surface area contributed by atoms with Gasteiger partial charge >= 0.3 is 6.09 Å². The van der Waals surface area contributed by atoms with Crippen LogP contribution in [0.3, 0.4) is 0 Å². The van der Waals surface area contributed by atoms with Gasteiger partial charge in [-0.15, -0.1) is 0 Å². The van der Waals surface area contributed by atoms with Crippen LogP contribution in [0.2, 0.25) is 0 Å². The summed E-state index contributed by atoms with van der Waals surface area (Å²) >= 11 is 2.00. The van der Waals surface area contributed by atoms with E-state index in [9.17, 15) is 4.79 Å². The zero-order valence-electron chi connectivity index (χ0n) is 13.8. The predicted octanol–water partition coefficient (Wildman–Crippen LogP) is 2.15. The van der Waals surface area contributed by atoms with E-state index in [1.165, 1.54) is 12.2 Å². The van der Waals surface area contributed by atoms with Crippen molar-refractivity contribution in [3.8, 4) is 0 Å². The highest BCUT2D eigenvalue weighted by atomic mass is 32.2. The van der Waals surface area contributed by atoms with E-state index < -0.39 is 5.60 Å². The molecule has 5 nitrogen and oxygen atoms in total. The molecule has 0 bridgehead atoms. The Morgan fingerprint density at radius 3 is 2.77 bits per heavy atom. The summed E-state index contributed by atoms with van der Waals surface area (Å²) < 4.78 is 11.4. The van der Waals surface area contributed by atoms with Crippen LogP contribution < -0.4 is 10.6 Å². The van der Waals surface area contributed by atoms with Gasteiger partial charge in [-0.2, -0.15) is 11.8 Å². The lowest BCUT2D eigenvalue weighted by atomic mass is 9.68. The number of nitrogens with one attached hydrogen (secondary N) is 2. The molecule has 0 aromatic rings. The monoisotopic (exact) mass is 328 g/mol. The van der Waals surface area contributed by atoms with Crippen LogP contribution >= 0.6 is 11.8 Å². The van der Waals surface area contributed by atoms with E-state index in [0.717, 1.165) is 25.2 Å². The molecular formula is C16H28N2O3S. The predicted molar refractivity (Wildman–Crippen MR) is 88.3 cm³/mol. The molecule has 2 aliphatic heterocycles. The van der Waals surface area contributed by atoms with Gasteiger partial charge in [0.1, 0.15) is 5.60 Å². The van der Waals surface area contributed by atoms with Gasteiger partial charge in [0.15, 0.2) is 0 Å². The summed E-state index contributed by atoms with van der Waals surface area (Å²) in [7, 11) is 0. The maximum atomic E-state index is 12.1. The third kappa shape index (κ3) is 3.71. The molecule has 1 saturated carbocycles. The smallest absolute Gasteiger partial charge is 0.407 e. The number of amides is 1. The first kappa shape index (κ1) is 16.4. The van der Waals surface area contributed by atoms with Gasteiger partial charge in [0.05, 0.1) is 18.2 Å². The molecule has 2 saturated heterocycles. The molecule has 3 fully saturated rings. The molecule has 1 aliphatic carbocycles. The summed E-state index contributed by atoms with van der Waals surface area (Å²) in [5.41, 5.74) is -0.457. The number of hydrogen-bond donors (Lipinski definition) is 2. The van der Waals surface area contributed by atoms with Crippen molar-refractivity contribution in [1.29, 1.82) is 0 Å². The van der Waals surface area contributed by atoms with E-state index in [4.69, 9.17) is 9.47 Å². The molecule has 1 amide bonds. The van der Waals surface area contributed by atoms with E-state index in [1.54, 1.807) is 0 Å². The third-order valence-electron chi connectivity index (χ3n) is 4.66. The second-order valence-electron chi connectivity index (χ2n) is 7.57. The van der Waals surface area contributed by atoms with Crippen molar-refractivity contribution in [3.05, 3.63) is 0 Å². The fourth-order valence-corrected chi connectivity index (χ4v) is 4.85. The number of carbonyl (C=O) groups excluding carboxylic acids is 1. The van der Waals surface area contributed by atoms with E-state index in [-0.39, 0.29) is 24.3 Å². The average molecular weight is 328 g/mol. The fourth-order valence-electron chi connectivity index (χ4n) is 3.68. The summed E-state index contributed by atoms with van der Waals surface area (Å²) in [6.07, 6.45) is 3.36. The zero-order chi connectivity index (χ0) is 15.7. The van der Waals surface area contributed by atoms with Crippen molar-refractivity contribution in [1.82, 2.24) is 10.6 Å². The highest BCUT2D eigenvalue weighted by Gasteiger charge is 2.53. The van der Waals surface area contributed by atoms with Gasteiger partial charge < -0.3 is 20.1 Å². The van der Waals surface area contributed by atoms with E-state index in [1.807, 2.05) is 32.5 Å². The quantitative estimate of drug-likeness (QED) is 0.831. The van der Waals surface area contributed by atoms with Crippen molar-refractivity contribution in [2.45, 2.75) is 69.9 Å². The third-order valence-corrected chi connectivity index (χ3v) is 5.82. The first-order valence-corrected chi connectivity index (χ1v) is 9.54. The van der Waals surface area contributed by atoms with E-state index >= 15 is 0 Å². The molecule has 5 atom stereocenters. The lowest BCUT2D eigenvalue weighted by Gasteiger charge is -2.54. The van der Waals surface area contributed by atoms with Crippen molar-refractivity contribution < 1.29 is 14.3 Å². The van der Waals surface area contributed by atoms with Gasteiger partial charge in [0.25, 0.3) is 0 Å². The zero-order valence-corrected chi connectivity index (χ0v) is 14.6. The van der Waals surface area contributed by atoms with Crippen molar-refractivity contribution >= 4 is 17.9 Å². The molecule has 0 spiro atoms. The first-order chi connectivity index (χ1) is 10.4. The van der Waals surface area contributed by atoms with Crippen LogP contribution in [0.4, 0.5) is 4.79 Å². The molecule has 5 unspecified atom stereocenters. The number of carbonyl (C=O) groups is 1. The van der Waals surface area contributed by atoms with Crippen LogP contribution in [0.15, 0.2) is 0 Å². The van der Waals surface area contributed by atoms with Crippen molar-refractivity contribution in [2.75, 3.05) is 18.1 Å². The van der Waals surface area contributed by atoms with Gasteiger partial charge in [-0.25, -0.2) is 4.79 Å². The topological polar surface area (TPSA) is 59.6 Å². The number of ether oxygens (including phenoxy) is 2. The van der Waals surface area contributed by atoms with Crippen LogP contribution in [0.25, 0.3) is 0 Å². The van der Waals surface area contributed by atoms with Crippen molar-refractivity contribution in [3.63, 3.8) is 0 Å². The highest BCUT2D eigenvalue weighted by molar-refractivity contribution is 7.99. The Hall–Kier alpha value is -0.460. The number of rotatable bonds is 3. The second kappa shape index (κ2) is 6.57. The summed E-state index contributed by atoms with van der Waals surface area (Å²) in [4.78, 5) is 12.1. The molecule has 2 N–H and O–H groups in total. The minimum Gasteiger partial charge on any atom is -0.444 e. The Bertz CT molecular complexity index is 407. The molecule has 2 heterocycles. The Labute approximate surface area is 137 Å². The van der Waals surface area contributed by atoms with Crippen LogP contribution in [-0.2, 0) is 9.47 Å². The minimum atomic E-state index is -0.457. The summed E-state index contributed by atoms with van der Waals surface area (Å²) in [6, 6.07) is 0.900. The lowest BCUT2D eigenvalue weighted by Crippen LogP contribution is -2.74. The normalized spacial score (nSPS) is 38.0. The molecular weight excluding hydrogens is 300 g/mol.